The molecule has 10 nitrogen and oxygen atoms in total. The number of esters is 2. The molecule has 0 bridgehead atoms. The number of piperidine rings is 1. The van der Waals surface area contributed by atoms with E-state index in [-0.39, 0.29) is 37.1 Å². The summed E-state index contributed by atoms with van der Waals surface area (Å²) in [4.78, 5) is 56.6. The number of anilines is 2. The highest BCUT2D eigenvalue weighted by molar-refractivity contribution is 6.10. The second-order valence-corrected chi connectivity index (χ2v) is 11.2. The summed E-state index contributed by atoms with van der Waals surface area (Å²) < 4.78 is 16.6. The summed E-state index contributed by atoms with van der Waals surface area (Å²) in [6, 6.07) is 28.9. The summed E-state index contributed by atoms with van der Waals surface area (Å²) in [5, 5.41) is 2.74. The number of nitrogens with zero attached hydrogens (tertiary/aromatic N) is 2. The van der Waals surface area contributed by atoms with Gasteiger partial charge < -0.3 is 24.1 Å². The normalized spacial score (nSPS) is 14.9. The number of methoxy groups -OCH3 is 1. The van der Waals surface area contributed by atoms with Crippen molar-refractivity contribution in [3.63, 3.8) is 0 Å². The van der Waals surface area contributed by atoms with Crippen LogP contribution < -0.4 is 10.2 Å². The molecule has 1 atom stereocenters. The Morgan fingerprint density at radius 3 is 2.24 bits per heavy atom. The standard InChI is InChI=1S/C36H37N3O7/c1-26(40)37-29-15-9-16-30(23-29)39(33(41)32-17-10-22-45-32)36(35(43)44-2)18-20-38(21-19-36)24-31(28-13-7-4-8-14-28)34(42)46-25-27-11-5-3-6-12-27/h3-17,22-23,31H,18-21,24-25H2,1-2H3,(H,37,40). The van der Waals surface area contributed by atoms with Gasteiger partial charge in [-0.3, -0.25) is 19.3 Å². The molecule has 0 saturated carbocycles. The molecular formula is C36H37N3O7. The van der Waals surface area contributed by atoms with Crippen LogP contribution in [0.25, 0.3) is 0 Å². The van der Waals surface area contributed by atoms with E-state index in [2.05, 4.69) is 10.2 Å². The van der Waals surface area contributed by atoms with Gasteiger partial charge in [0.25, 0.3) is 5.91 Å². The number of benzene rings is 3. The molecule has 4 aromatic rings. The summed E-state index contributed by atoms with van der Waals surface area (Å²) >= 11 is 0. The van der Waals surface area contributed by atoms with Crippen LogP contribution in [0.1, 0.15) is 47.4 Å². The summed E-state index contributed by atoms with van der Waals surface area (Å²) in [6.45, 7) is 2.69. The number of hydrogen-bond donors (Lipinski definition) is 1. The number of furan rings is 1. The van der Waals surface area contributed by atoms with E-state index in [9.17, 15) is 19.2 Å². The van der Waals surface area contributed by atoms with Crippen LogP contribution in [0.3, 0.4) is 0 Å². The van der Waals surface area contributed by atoms with Gasteiger partial charge in [0.15, 0.2) is 5.76 Å². The minimum Gasteiger partial charge on any atom is -0.467 e. The van der Waals surface area contributed by atoms with Crippen LogP contribution in [0.15, 0.2) is 108 Å². The number of carbonyl (C=O) groups is 4. The molecule has 2 heterocycles. The van der Waals surface area contributed by atoms with Crippen LogP contribution in [0.5, 0.6) is 0 Å². The van der Waals surface area contributed by atoms with Crippen molar-refractivity contribution in [1.29, 1.82) is 0 Å². The number of carbonyl (C=O) groups excluding carboxylic acids is 4. The average Bonchev–Trinajstić information content (AvgIpc) is 3.63. The summed E-state index contributed by atoms with van der Waals surface area (Å²) in [5.41, 5.74) is 1.21. The highest BCUT2D eigenvalue weighted by Crippen LogP contribution is 2.38. The Morgan fingerprint density at radius 1 is 0.913 bits per heavy atom. The number of hydrogen-bond acceptors (Lipinski definition) is 8. The third kappa shape index (κ3) is 7.35. The molecule has 2 amide bonds. The van der Waals surface area contributed by atoms with Crippen molar-refractivity contribution >= 4 is 35.1 Å². The van der Waals surface area contributed by atoms with Crippen LogP contribution in [0, 0.1) is 0 Å². The molecule has 0 spiro atoms. The molecule has 5 rings (SSSR count). The Labute approximate surface area is 267 Å². The van der Waals surface area contributed by atoms with Crippen molar-refractivity contribution in [2.45, 2.75) is 37.8 Å². The molecule has 10 heteroatoms. The lowest BCUT2D eigenvalue weighted by Crippen LogP contribution is -2.63. The molecule has 1 unspecified atom stereocenters. The lowest BCUT2D eigenvalue weighted by Gasteiger charge is -2.46. The smallest absolute Gasteiger partial charge is 0.332 e. The van der Waals surface area contributed by atoms with Crippen LogP contribution in [-0.2, 0) is 30.5 Å². The molecule has 1 aliphatic rings. The van der Waals surface area contributed by atoms with Gasteiger partial charge >= 0.3 is 11.9 Å². The van der Waals surface area contributed by atoms with E-state index in [1.54, 1.807) is 36.4 Å². The predicted molar refractivity (Wildman–Crippen MR) is 172 cm³/mol. The molecule has 1 aliphatic heterocycles. The summed E-state index contributed by atoms with van der Waals surface area (Å²) in [7, 11) is 1.30. The fourth-order valence-corrected chi connectivity index (χ4v) is 5.90. The Bertz CT molecular complexity index is 1630. The fraction of sp³-hybridized carbons (Fsp3) is 0.278. The molecule has 1 N–H and O–H groups in total. The predicted octanol–water partition coefficient (Wildman–Crippen LogP) is 5.42. The lowest BCUT2D eigenvalue weighted by molar-refractivity contribution is -0.150. The van der Waals surface area contributed by atoms with E-state index in [1.165, 1.54) is 25.2 Å². The van der Waals surface area contributed by atoms with Crippen LogP contribution in [-0.4, -0.2) is 60.9 Å². The maximum atomic E-state index is 14.0. The number of likely N-dealkylation sites (tertiary alicyclic amines) is 1. The minimum absolute atomic E-state index is 0.0564. The molecule has 46 heavy (non-hydrogen) atoms. The molecule has 3 aromatic carbocycles. The van der Waals surface area contributed by atoms with Crippen molar-refractivity contribution in [3.8, 4) is 0 Å². The van der Waals surface area contributed by atoms with Gasteiger partial charge in [0, 0.05) is 37.9 Å². The second-order valence-electron chi connectivity index (χ2n) is 11.2. The van der Waals surface area contributed by atoms with E-state index in [4.69, 9.17) is 13.9 Å². The SMILES string of the molecule is COC(=O)C1(N(C(=O)c2ccco2)c2cccc(NC(C)=O)c2)CCN(CC(C(=O)OCc2ccccc2)c2ccccc2)CC1. The first kappa shape index (κ1) is 32.2. The third-order valence-corrected chi connectivity index (χ3v) is 8.19. The molecule has 1 saturated heterocycles. The van der Waals surface area contributed by atoms with Crippen molar-refractivity contribution in [2.75, 3.05) is 37.0 Å². The monoisotopic (exact) mass is 623 g/mol. The minimum atomic E-state index is -1.39. The highest BCUT2D eigenvalue weighted by atomic mass is 16.5. The zero-order valence-corrected chi connectivity index (χ0v) is 25.9. The first-order chi connectivity index (χ1) is 22.3. The molecule has 0 radical (unpaired) electrons. The third-order valence-electron chi connectivity index (χ3n) is 8.19. The van der Waals surface area contributed by atoms with E-state index in [0.717, 1.165) is 11.1 Å². The van der Waals surface area contributed by atoms with E-state index in [1.807, 2.05) is 60.7 Å². The molecule has 1 aromatic heterocycles. The molecular weight excluding hydrogens is 586 g/mol. The van der Waals surface area contributed by atoms with Gasteiger partial charge in [0.2, 0.25) is 5.91 Å². The lowest BCUT2D eigenvalue weighted by atomic mass is 9.84. The molecule has 238 valence electrons. The Kier molecular flexibility index (Phi) is 10.3. The van der Waals surface area contributed by atoms with Gasteiger partial charge in [0.1, 0.15) is 12.1 Å². The second kappa shape index (κ2) is 14.7. The fourth-order valence-electron chi connectivity index (χ4n) is 5.90. The van der Waals surface area contributed by atoms with Crippen molar-refractivity contribution < 1.29 is 33.1 Å². The van der Waals surface area contributed by atoms with Gasteiger partial charge in [-0.15, -0.1) is 0 Å². The maximum Gasteiger partial charge on any atom is 0.332 e. The number of rotatable bonds is 11. The average molecular weight is 624 g/mol. The van der Waals surface area contributed by atoms with Crippen LogP contribution in [0.4, 0.5) is 11.4 Å². The highest BCUT2D eigenvalue weighted by Gasteiger charge is 2.51. The number of ether oxygens (including phenoxy) is 2. The van der Waals surface area contributed by atoms with Gasteiger partial charge in [-0.05, 0) is 54.3 Å². The van der Waals surface area contributed by atoms with Gasteiger partial charge in [0.05, 0.1) is 19.3 Å². The van der Waals surface area contributed by atoms with Crippen molar-refractivity contribution in [3.05, 3.63) is 120 Å². The first-order valence-corrected chi connectivity index (χ1v) is 15.1. The zero-order chi connectivity index (χ0) is 32.5. The molecule has 0 aliphatic carbocycles. The quantitative estimate of drug-likeness (QED) is 0.220. The largest absolute Gasteiger partial charge is 0.467 e. The van der Waals surface area contributed by atoms with E-state index < -0.39 is 23.3 Å². The van der Waals surface area contributed by atoms with E-state index >= 15 is 0 Å². The van der Waals surface area contributed by atoms with Crippen molar-refractivity contribution in [2.24, 2.45) is 0 Å². The number of nitrogens with one attached hydrogen (secondary N) is 1. The topological polar surface area (TPSA) is 118 Å². The zero-order valence-electron chi connectivity index (χ0n) is 25.9. The van der Waals surface area contributed by atoms with E-state index in [0.29, 0.717) is 31.0 Å². The number of amides is 2. The van der Waals surface area contributed by atoms with Crippen molar-refractivity contribution in [1.82, 2.24) is 4.90 Å². The molecule has 1 fully saturated rings. The first-order valence-electron chi connectivity index (χ1n) is 15.1. The van der Waals surface area contributed by atoms with Gasteiger partial charge in [-0.25, -0.2) is 4.79 Å². The Hall–Kier alpha value is -5.22. The maximum absolute atomic E-state index is 14.0. The Morgan fingerprint density at radius 2 is 1.61 bits per heavy atom. The summed E-state index contributed by atoms with van der Waals surface area (Å²) in [6.07, 6.45) is 1.83. The van der Waals surface area contributed by atoms with Gasteiger partial charge in [-0.1, -0.05) is 66.7 Å². The van der Waals surface area contributed by atoms with Gasteiger partial charge in [-0.2, -0.15) is 0 Å². The summed E-state index contributed by atoms with van der Waals surface area (Å²) in [5.74, 6) is -2.21. The van der Waals surface area contributed by atoms with Crippen LogP contribution >= 0.6 is 0 Å². The Balaban J connectivity index is 1.41. The van der Waals surface area contributed by atoms with Crippen LogP contribution in [0.2, 0.25) is 0 Å².